The van der Waals surface area contributed by atoms with Crippen molar-refractivity contribution in [3.63, 3.8) is 0 Å². The van der Waals surface area contributed by atoms with Crippen LogP contribution in [0.15, 0.2) is 0 Å². The number of likely N-dealkylation sites (N-methyl/N-ethyl adjacent to an activating group) is 1. The van der Waals surface area contributed by atoms with E-state index >= 15 is 0 Å². The summed E-state index contributed by atoms with van der Waals surface area (Å²) < 4.78 is 0. The Bertz CT molecular complexity index is 240. The average molecular weight is 199 g/mol. The first-order chi connectivity index (χ1) is 6.50. The van der Waals surface area contributed by atoms with Crippen LogP contribution < -0.4 is 0 Å². The molecule has 0 aliphatic carbocycles. The van der Waals surface area contributed by atoms with Crippen LogP contribution in [0.3, 0.4) is 0 Å². The largest absolute Gasteiger partial charge is 0.481 e. The molecule has 0 spiro atoms. The molecule has 0 amide bonds. The van der Waals surface area contributed by atoms with E-state index in [1.807, 2.05) is 18.9 Å². The molecule has 0 aromatic carbocycles. The highest BCUT2D eigenvalue weighted by atomic mass is 16.4. The van der Waals surface area contributed by atoms with Gasteiger partial charge in [0, 0.05) is 6.42 Å². The van der Waals surface area contributed by atoms with E-state index in [9.17, 15) is 9.59 Å². The van der Waals surface area contributed by atoms with Crippen molar-refractivity contribution in [2.24, 2.45) is 5.92 Å². The van der Waals surface area contributed by atoms with E-state index in [4.69, 9.17) is 5.11 Å². The molecule has 2 atom stereocenters. The number of likely N-dealkylation sites (tertiary alicyclic amines) is 1. The van der Waals surface area contributed by atoms with Crippen LogP contribution in [0.5, 0.6) is 0 Å². The summed E-state index contributed by atoms with van der Waals surface area (Å²) in [5.74, 6) is -0.451. The fraction of sp³-hybridized carbons (Fsp3) is 0.800. The molecule has 1 fully saturated rings. The van der Waals surface area contributed by atoms with E-state index in [0.717, 1.165) is 13.0 Å². The minimum atomic E-state index is -0.898. The Labute approximate surface area is 83.9 Å². The summed E-state index contributed by atoms with van der Waals surface area (Å²) in [4.78, 5) is 24.1. The van der Waals surface area contributed by atoms with Crippen LogP contribution in [-0.2, 0) is 9.59 Å². The van der Waals surface area contributed by atoms with Crippen molar-refractivity contribution < 1.29 is 14.7 Å². The van der Waals surface area contributed by atoms with Crippen LogP contribution in [0, 0.1) is 5.92 Å². The van der Waals surface area contributed by atoms with Crippen molar-refractivity contribution in [2.75, 3.05) is 13.6 Å². The number of carboxylic acids is 1. The van der Waals surface area contributed by atoms with Gasteiger partial charge in [0.2, 0.25) is 0 Å². The number of hydrogen-bond donors (Lipinski definition) is 1. The Balaban J connectivity index is 2.68. The fourth-order valence-corrected chi connectivity index (χ4v) is 1.84. The summed E-state index contributed by atoms with van der Waals surface area (Å²) in [5.41, 5.74) is 0. The van der Waals surface area contributed by atoms with Gasteiger partial charge in [-0.2, -0.15) is 0 Å². The van der Waals surface area contributed by atoms with E-state index in [0.29, 0.717) is 12.3 Å². The van der Waals surface area contributed by atoms with Crippen LogP contribution in [0.25, 0.3) is 0 Å². The van der Waals surface area contributed by atoms with Crippen LogP contribution in [0.1, 0.15) is 26.2 Å². The molecule has 1 N–H and O–H groups in total. The molecule has 1 heterocycles. The Kier molecular flexibility index (Phi) is 3.63. The van der Waals surface area contributed by atoms with Gasteiger partial charge in [-0.3, -0.25) is 14.5 Å². The van der Waals surface area contributed by atoms with E-state index < -0.39 is 12.0 Å². The molecule has 80 valence electrons. The number of nitrogens with zero attached hydrogens (tertiary/aromatic N) is 1. The van der Waals surface area contributed by atoms with Crippen LogP contribution in [-0.4, -0.2) is 41.4 Å². The van der Waals surface area contributed by atoms with Gasteiger partial charge in [0.05, 0.1) is 12.5 Å². The van der Waals surface area contributed by atoms with Gasteiger partial charge in [0.15, 0.2) is 5.78 Å². The predicted molar refractivity (Wildman–Crippen MR) is 52.1 cm³/mol. The van der Waals surface area contributed by atoms with Crippen molar-refractivity contribution in [3.05, 3.63) is 0 Å². The molecule has 1 saturated heterocycles. The molecule has 0 aromatic rings. The maximum Gasteiger partial charge on any atom is 0.305 e. The Morgan fingerprint density at radius 1 is 1.64 bits per heavy atom. The minimum absolute atomic E-state index is 0.0674. The Morgan fingerprint density at radius 3 is 2.86 bits per heavy atom. The molecule has 14 heavy (non-hydrogen) atoms. The van der Waals surface area contributed by atoms with E-state index in [-0.39, 0.29) is 12.2 Å². The molecular weight excluding hydrogens is 182 g/mol. The third-order valence-electron chi connectivity index (χ3n) is 2.80. The first kappa shape index (κ1) is 11.2. The quantitative estimate of drug-likeness (QED) is 0.713. The molecule has 1 aliphatic heterocycles. The van der Waals surface area contributed by atoms with Gasteiger partial charge >= 0.3 is 5.97 Å². The summed E-state index contributed by atoms with van der Waals surface area (Å²) >= 11 is 0. The number of carbonyl (C=O) groups excluding carboxylic acids is 1. The summed E-state index contributed by atoms with van der Waals surface area (Å²) in [6.45, 7) is 2.85. The average Bonchev–Trinajstić information content (AvgIpc) is 2.18. The molecular formula is C10H17NO3. The lowest BCUT2D eigenvalue weighted by atomic mass is 9.99. The summed E-state index contributed by atoms with van der Waals surface area (Å²) in [6.07, 6.45) is 1.42. The number of carboxylic acid groups (broad SMARTS) is 1. The lowest BCUT2D eigenvalue weighted by molar-refractivity contribution is -0.141. The minimum Gasteiger partial charge on any atom is -0.481 e. The molecule has 1 aliphatic rings. The highest BCUT2D eigenvalue weighted by Crippen LogP contribution is 2.19. The maximum absolute atomic E-state index is 11.7. The summed E-state index contributed by atoms with van der Waals surface area (Å²) in [7, 11) is 1.82. The molecule has 0 aromatic heterocycles. The number of ketones is 1. The van der Waals surface area contributed by atoms with Gasteiger partial charge in [-0.05, 0) is 25.9 Å². The van der Waals surface area contributed by atoms with Crippen molar-refractivity contribution in [1.82, 2.24) is 4.90 Å². The number of rotatable bonds is 2. The molecule has 4 heteroatoms. The zero-order valence-corrected chi connectivity index (χ0v) is 8.69. The van der Waals surface area contributed by atoms with Gasteiger partial charge in [-0.15, -0.1) is 0 Å². The summed E-state index contributed by atoms with van der Waals surface area (Å²) in [6, 6.07) is -0.419. The fourth-order valence-electron chi connectivity index (χ4n) is 1.84. The molecule has 1 rings (SSSR count). The smallest absolute Gasteiger partial charge is 0.305 e. The van der Waals surface area contributed by atoms with Crippen LogP contribution in [0.4, 0.5) is 0 Å². The number of aliphatic carboxylic acids is 1. The van der Waals surface area contributed by atoms with Gasteiger partial charge in [0.25, 0.3) is 0 Å². The normalized spacial score (nSPS) is 30.0. The van der Waals surface area contributed by atoms with Crippen molar-refractivity contribution in [2.45, 2.75) is 32.2 Å². The third kappa shape index (κ3) is 2.80. The number of hydrogen-bond acceptors (Lipinski definition) is 3. The Morgan fingerprint density at radius 2 is 2.29 bits per heavy atom. The molecule has 4 nitrogen and oxygen atoms in total. The first-order valence-corrected chi connectivity index (χ1v) is 4.95. The highest BCUT2D eigenvalue weighted by molar-refractivity contribution is 5.88. The predicted octanol–water partition coefficient (Wildman–Crippen LogP) is 0.760. The van der Waals surface area contributed by atoms with Crippen LogP contribution in [0.2, 0.25) is 0 Å². The van der Waals surface area contributed by atoms with Crippen molar-refractivity contribution in [1.29, 1.82) is 0 Å². The zero-order valence-electron chi connectivity index (χ0n) is 8.69. The van der Waals surface area contributed by atoms with E-state index in [1.165, 1.54) is 0 Å². The third-order valence-corrected chi connectivity index (χ3v) is 2.80. The molecule has 0 radical (unpaired) electrons. The van der Waals surface area contributed by atoms with Gasteiger partial charge in [-0.1, -0.05) is 6.92 Å². The monoisotopic (exact) mass is 199 g/mol. The Hall–Kier alpha value is -0.900. The molecule has 2 unspecified atom stereocenters. The SMILES string of the molecule is CC1CCN(C)C(CC(=O)O)C(=O)C1. The van der Waals surface area contributed by atoms with Crippen molar-refractivity contribution in [3.8, 4) is 0 Å². The van der Waals surface area contributed by atoms with Gasteiger partial charge in [0.1, 0.15) is 0 Å². The van der Waals surface area contributed by atoms with E-state index in [1.54, 1.807) is 0 Å². The topological polar surface area (TPSA) is 57.6 Å². The lowest BCUT2D eigenvalue weighted by Gasteiger charge is -2.22. The van der Waals surface area contributed by atoms with Gasteiger partial charge in [-0.25, -0.2) is 0 Å². The van der Waals surface area contributed by atoms with E-state index in [2.05, 4.69) is 0 Å². The number of Topliss-reactive ketones (excluding diaryl/α,β-unsaturated/α-hetero) is 1. The lowest BCUT2D eigenvalue weighted by Crippen LogP contribution is -2.38. The van der Waals surface area contributed by atoms with Crippen molar-refractivity contribution >= 4 is 11.8 Å². The summed E-state index contributed by atoms with van der Waals surface area (Å²) in [5, 5.41) is 8.68. The molecule has 0 bridgehead atoms. The second-order valence-corrected chi connectivity index (χ2v) is 4.16. The van der Waals surface area contributed by atoms with Crippen LogP contribution >= 0.6 is 0 Å². The second kappa shape index (κ2) is 4.55. The highest BCUT2D eigenvalue weighted by Gasteiger charge is 2.29. The number of carbonyl (C=O) groups is 2. The zero-order chi connectivity index (χ0) is 10.7. The first-order valence-electron chi connectivity index (χ1n) is 4.95. The van der Waals surface area contributed by atoms with Gasteiger partial charge < -0.3 is 5.11 Å². The maximum atomic E-state index is 11.7. The molecule has 0 saturated carbocycles. The second-order valence-electron chi connectivity index (χ2n) is 4.16. The standard InChI is InChI=1S/C10H17NO3/c1-7-3-4-11(2)8(6-10(13)14)9(12)5-7/h7-8H,3-6H2,1-2H3,(H,13,14).